The van der Waals surface area contributed by atoms with Gasteiger partial charge in [0.25, 0.3) is 0 Å². The van der Waals surface area contributed by atoms with Crippen LogP contribution in [-0.2, 0) is 21.4 Å². The van der Waals surface area contributed by atoms with Crippen LogP contribution >= 0.6 is 0 Å². The van der Waals surface area contributed by atoms with Gasteiger partial charge in [0.15, 0.2) is 0 Å². The van der Waals surface area contributed by atoms with E-state index in [1.54, 1.807) is 24.3 Å². The van der Waals surface area contributed by atoms with E-state index < -0.39 is 10.0 Å². The van der Waals surface area contributed by atoms with Crippen molar-refractivity contribution in [3.05, 3.63) is 29.8 Å². The van der Waals surface area contributed by atoms with Crippen LogP contribution in [0.15, 0.2) is 24.3 Å². The highest BCUT2D eigenvalue weighted by molar-refractivity contribution is 7.92. The van der Waals surface area contributed by atoms with Gasteiger partial charge >= 0.3 is 0 Å². The first-order valence-electron chi connectivity index (χ1n) is 5.75. The zero-order chi connectivity index (χ0) is 13.6. The van der Waals surface area contributed by atoms with Crippen LogP contribution in [0.4, 0.5) is 5.69 Å². The van der Waals surface area contributed by atoms with Gasteiger partial charge in [0.05, 0.1) is 25.1 Å². The maximum Gasteiger partial charge on any atom is 0.235 e. The van der Waals surface area contributed by atoms with E-state index in [0.29, 0.717) is 11.3 Å². The molecule has 0 atom stereocenters. The Morgan fingerprint density at radius 3 is 2.72 bits per heavy atom. The third-order valence-electron chi connectivity index (χ3n) is 2.19. The Morgan fingerprint density at radius 2 is 2.11 bits per heavy atom. The van der Waals surface area contributed by atoms with Crippen molar-refractivity contribution < 1.29 is 18.3 Å². The molecule has 1 rings (SSSR count). The maximum atomic E-state index is 11.7. The van der Waals surface area contributed by atoms with E-state index in [1.807, 2.05) is 13.8 Å². The van der Waals surface area contributed by atoms with Gasteiger partial charge in [-0.15, -0.1) is 0 Å². The Labute approximate surface area is 108 Å². The number of hydrogen-bond acceptors (Lipinski definition) is 4. The minimum Gasteiger partial charge on any atom is -0.392 e. The molecule has 0 saturated heterocycles. The average molecular weight is 273 g/mol. The number of ether oxygens (including phenoxy) is 1. The summed E-state index contributed by atoms with van der Waals surface area (Å²) in [4.78, 5) is 0. The topological polar surface area (TPSA) is 75.6 Å². The molecular weight excluding hydrogens is 254 g/mol. The van der Waals surface area contributed by atoms with Crippen LogP contribution in [0.2, 0.25) is 0 Å². The molecule has 0 aromatic heterocycles. The lowest BCUT2D eigenvalue weighted by atomic mass is 10.2. The van der Waals surface area contributed by atoms with Crippen LogP contribution in [-0.4, -0.2) is 32.0 Å². The molecular formula is C12H19NO4S. The van der Waals surface area contributed by atoms with Gasteiger partial charge < -0.3 is 9.84 Å². The third-order valence-corrected chi connectivity index (χ3v) is 3.44. The average Bonchev–Trinajstić information content (AvgIpc) is 2.27. The molecule has 102 valence electrons. The minimum absolute atomic E-state index is 0.0120. The van der Waals surface area contributed by atoms with Gasteiger partial charge in [-0.25, -0.2) is 8.42 Å². The lowest BCUT2D eigenvalue weighted by molar-refractivity contribution is 0.0913. The molecule has 0 fully saturated rings. The SMILES string of the molecule is CC(C)OCCS(=O)(=O)Nc1cccc(CO)c1. The Morgan fingerprint density at radius 1 is 1.39 bits per heavy atom. The van der Waals surface area contributed by atoms with Crippen molar-refractivity contribution >= 4 is 15.7 Å². The molecule has 1 aromatic rings. The molecule has 0 aliphatic carbocycles. The van der Waals surface area contributed by atoms with Gasteiger partial charge in [0.2, 0.25) is 10.0 Å². The van der Waals surface area contributed by atoms with E-state index in [-0.39, 0.29) is 25.1 Å². The summed E-state index contributed by atoms with van der Waals surface area (Å²) >= 11 is 0. The summed E-state index contributed by atoms with van der Waals surface area (Å²) in [7, 11) is -3.41. The molecule has 2 N–H and O–H groups in total. The van der Waals surface area contributed by atoms with Gasteiger partial charge in [0.1, 0.15) is 0 Å². The molecule has 18 heavy (non-hydrogen) atoms. The second-order valence-electron chi connectivity index (χ2n) is 4.20. The predicted octanol–water partition coefficient (Wildman–Crippen LogP) is 1.35. The molecule has 5 nitrogen and oxygen atoms in total. The second kappa shape index (κ2) is 6.72. The molecule has 0 heterocycles. The van der Waals surface area contributed by atoms with Gasteiger partial charge in [-0.3, -0.25) is 4.72 Å². The Hall–Kier alpha value is -1.11. The summed E-state index contributed by atoms with van der Waals surface area (Å²) in [5.74, 6) is -0.0888. The number of benzene rings is 1. The first-order chi connectivity index (χ1) is 8.43. The number of nitrogens with one attached hydrogen (secondary N) is 1. The summed E-state index contributed by atoms with van der Waals surface area (Å²) in [5.41, 5.74) is 1.11. The largest absolute Gasteiger partial charge is 0.392 e. The summed E-state index contributed by atoms with van der Waals surface area (Å²) in [5, 5.41) is 8.97. The van der Waals surface area contributed by atoms with E-state index in [0.717, 1.165) is 0 Å². The molecule has 6 heteroatoms. The Bertz CT molecular complexity index is 471. The molecule has 0 spiro atoms. The van der Waals surface area contributed by atoms with Crippen molar-refractivity contribution in [2.75, 3.05) is 17.1 Å². The first kappa shape index (κ1) is 14.9. The molecule has 0 radical (unpaired) electrons. The van der Waals surface area contributed by atoms with Crippen molar-refractivity contribution in [1.82, 2.24) is 0 Å². The van der Waals surface area contributed by atoms with E-state index in [2.05, 4.69) is 4.72 Å². The van der Waals surface area contributed by atoms with E-state index >= 15 is 0 Å². The first-order valence-corrected chi connectivity index (χ1v) is 7.40. The van der Waals surface area contributed by atoms with Crippen LogP contribution in [0.1, 0.15) is 19.4 Å². The van der Waals surface area contributed by atoms with Crippen LogP contribution < -0.4 is 4.72 Å². The van der Waals surface area contributed by atoms with Crippen molar-refractivity contribution in [1.29, 1.82) is 0 Å². The molecule has 1 aromatic carbocycles. The van der Waals surface area contributed by atoms with E-state index in [9.17, 15) is 8.42 Å². The van der Waals surface area contributed by atoms with E-state index in [4.69, 9.17) is 9.84 Å². The molecule has 0 saturated carbocycles. The predicted molar refractivity (Wildman–Crippen MR) is 70.9 cm³/mol. The highest BCUT2D eigenvalue weighted by Crippen LogP contribution is 2.12. The smallest absolute Gasteiger partial charge is 0.235 e. The summed E-state index contributed by atoms with van der Waals surface area (Å²) in [6, 6.07) is 6.65. The summed E-state index contributed by atoms with van der Waals surface area (Å²) in [6.45, 7) is 3.74. The van der Waals surface area contributed by atoms with Gasteiger partial charge in [-0.2, -0.15) is 0 Å². The summed E-state index contributed by atoms with van der Waals surface area (Å²) < 4.78 is 31.1. The zero-order valence-electron chi connectivity index (χ0n) is 10.6. The van der Waals surface area contributed by atoms with Crippen LogP contribution in [0, 0.1) is 0 Å². The number of hydrogen-bond donors (Lipinski definition) is 2. The minimum atomic E-state index is -3.41. The molecule has 0 aliphatic heterocycles. The number of anilines is 1. The summed E-state index contributed by atoms with van der Waals surface area (Å²) in [6.07, 6.45) is 0.0120. The monoisotopic (exact) mass is 273 g/mol. The van der Waals surface area contributed by atoms with Gasteiger partial charge in [0, 0.05) is 5.69 Å². The zero-order valence-corrected chi connectivity index (χ0v) is 11.4. The molecule has 0 bridgehead atoms. The van der Waals surface area contributed by atoms with Crippen molar-refractivity contribution in [2.45, 2.75) is 26.6 Å². The third kappa shape index (κ3) is 5.48. The fraction of sp³-hybridized carbons (Fsp3) is 0.500. The normalized spacial score (nSPS) is 11.8. The fourth-order valence-corrected chi connectivity index (χ4v) is 2.26. The lowest BCUT2D eigenvalue weighted by Crippen LogP contribution is -2.21. The standard InChI is InChI=1S/C12H19NO4S/c1-10(2)17-6-7-18(15,16)13-12-5-3-4-11(8-12)9-14/h3-5,8,10,13-14H,6-7,9H2,1-2H3. The number of rotatable bonds is 7. The van der Waals surface area contributed by atoms with Crippen molar-refractivity contribution in [2.24, 2.45) is 0 Å². The van der Waals surface area contributed by atoms with Gasteiger partial charge in [-0.1, -0.05) is 12.1 Å². The molecule has 0 unspecified atom stereocenters. The van der Waals surface area contributed by atoms with E-state index in [1.165, 1.54) is 0 Å². The Balaban J connectivity index is 2.59. The highest BCUT2D eigenvalue weighted by atomic mass is 32.2. The lowest BCUT2D eigenvalue weighted by Gasteiger charge is -2.10. The molecule has 0 amide bonds. The van der Waals surface area contributed by atoms with Crippen LogP contribution in [0.3, 0.4) is 0 Å². The number of aliphatic hydroxyl groups is 1. The van der Waals surface area contributed by atoms with Crippen LogP contribution in [0.5, 0.6) is 0 Å². The van der Waals surface area contributed by atoms with Gasteiger partial charge in [-0.05, 0) is 31.5 Å². The second-order valence-corrected chi connectivity index (χ2v) is 6.04. The van der Waals surface area contributed by atoms with Crippen LogP contribution in [0.25, 0.3) is 0 Å². The highest BCUT2D eigenvalue weighted by Gasteiger charge is 2.11. The number of aliphatic hydroxyl groups excluding tert-OH is 1. The maximum absolute atomic E-state index is 11.7. The van der Waals surface area contributed by atoms with Crippen molar-refractivity contribution in [3.8, 4) is 0 Å². The van der Waals surface area contributed by atoms with Crippen molar-refractivity contribution in [3.63, 3.8) is 0 Å². The fourth-order valence-electron chi connectivity index (χ4n) is 1.36. The Kier molecular flexibility index (Phi) is 5.58. The number of sulfonamides is 1. The molecule has 0 aliphatic rings. The quantitative estimate of drug-likeness (QED) is 0.786.